The van der Waals surface area contributed by atoms with Crippen LogP contribution in [-0.4, -0.2) is 52.4 Å². The van der Waals surface area contributed by atoms with Crippen molar-refractivity contribution in [2.75, 3.05) is 19.4 Å². The molecular weight excluding hydrogens is 444 g/mol. The highest BCUT2D eigenvalue weighted by Gasteiger charge is 2.21. The molecule has 3 aromatic rings. The molecule has 0 saturated heterocycles. The molecular formula is C18H18N6O5S2. The highest BCUT2D eigenvalue weighted by Crippen LogP contribution is 2.34. The van der Waals surface area contributed by atoms with Gasteiger partial charge in [0.2, 0.25) is 10.0 Å². The molecule has 0 saturated carbocycles. The fourth-order valence-corrected chi connectivity index (χ4v) is 4.23. The summed E-state index contributed by atoms with van der Waals surface area (Å²) in [6.45, 7) is 0. The monoisotopic (exact) mass is 462 g/mol. The zero-order chi connectivity index (χ0) is 22.8. The Hall–Kier alpha value is -3.29. The van der Waals surface area contributed by atoms with Gasteiger partial charge in [-0.3, -0.25) is 14.9 Å². The number of aromatic nitrogens is 3. The summed E-state index contributed by atoms with van der Waals surface area (Å²) in [5.41, 5.74) is 0.190. The van der Waals surface area contributed by atoms with Gasteiger partial charge in [-0.25, -0.2) is 12.7 Å². The summed E-state index contributed by atoms with van der Waals surface area (Å²) in [6.07, 6.45) is 1.48. The highest BCUT2D eigenvalue weighted by atomic mass is 32.2. The van der Waals surface area contributed by atoms with E-state index in [1.807, 2.05) is 0 Å². The van der Waals surface area contributed by atoms with Crippen LogP contribution in [0.5, 0.6) is 0 Å². The molecule has 31 heavy (non-hydrogen) atoms. The second-order valence-electron chi connectivity index (χ2n) is 6.53. The molecule has 162 valence electrons. The summed E-state index contributed by atoms with van der Waals surface area (Å²) in [6, 6.07) is 9.74. The highest BCUT2D eigenvalue weighted by molar-refractivity contribution is 7.99. The Balaban J connectivity index is 1.81. The molecule has 1 aromatic heterocycles. The van der Waals surface area contributed by atoms with Gasteiger partial charge in [0, 0.05) is 38.5 Å². The average molecular weight is 463 g/mol. The van der Waals surface area contributed by atoms with Crippen molar-refractivity contribution >= 4 is 39.1 Å². The lowest BCUT2D eigenvalue weighted by Crippen LogP contribution is -2.22. The molecule has 3 rings (SSSR count). The number of anilines is 1. The second-order valence-corrected chi connectivity index (χ2v) is 9.69. The molecule has 0 bridgehead atoms. The molecule has 1 amide bonds. The van der Waals surface area contributed by atoms with Gasteiger partial charge < -0.3 is 9.88 Å². The molecule has 0 radical (unpaired) electrons. The first-order chi connectivity index (χ1) is 14.6. The number of carbonyl (C=O) groups is 1. The van der Waals surface area contributed by atoms with Crippen LogP contribution in [0.4, 0.5) is 11.4 Å². The van der Waals surface area contributed by atoms with Gasteiger partial charge in [-0.1, -0.05) is 0 Å². The Morgan fingerprint density at radius 3 is 2.42 bits per heavy atom. The first-order valence-corrected chi connectivity index (χ1v) is 11.0. The second kappa shape index (κ2) is 8.83. The number of nitrogens with one attached hydrogen (secondary N) is 1. The van der Waals surface area contributed by atoms with Crippen molar-refractivity contribution in [1.82, 2.24) is 19.1 Å². The number of sulfonamides is 1. The third-order valence-electron chi connectivity index (χ3n) is 4.18. The Bertz CT molecular complexity index is 1240. The molecule has 1 heterocycles. The van der Waals surface area contributed by atoms with Crippen LogP contribution in [0.3, 0.4) is 0 Å². The van der Waals surface area contributed by atoms with Gasteiger partial charge >= 0.3 is 0 Å². The summed E-state index contributed by atoms with van der Waals surface area (Å²) >= 11 is 1.06. The topological polar surface area (TPSA) is 140 Å². The Kier molecular flexibility index (Phi) is 6.38. The summed E-state index contributed by atoms with van der Waals surface area (Å²) < 4.78 is 26.9. The smallest absolute Gasteiger partial charge is 0.284 e. The number of aryl methyl sites for hydroxylation is 1. The Morgan fingerprint density at radius 1 is 1.19 bits per heavy atom. The number of hydrogen-bond donors (Lipinski definition) is 1. The molecule has 0 spiro atoms. The van der Waals surface area contributed by atoms with Gasteiger partial charge in [0.1, 0.15) is 6.33 Å². The van der Waals surface area contributed by atoms with Gasteiger partial charge in [0.15, 0.2) is 5.16 Å². The standard InChI is InChI=1S/C18H18N6O5S2/c1-22(2)31(28,29)14-7-5-13(6-8-14)20-17(25)12-4-9-16(15(10-12)24(26)27)30-18-21-19-11-23(18)3/h4-11H,1-3H3,(H,20,25). The minimum absolute atomic E-state index is 0.0799. The average Bonchev–Trinajstić information content (AvgIpc) is 3.12. The Labute approximate surface area is 182 Å². The van der Waals surface area contributed by atoms with E-state index in [1.165, 1.54) is 62.9 Å². The maximum Gasteiger partial charge on any atom is 0.284 e. The van der Waals surface area contributed by atoms with Crippen LogP contribution >= 0.6 is 11.8 Å². The van der Waals surface area contributed by atoms with Crippen LogP contribution in [0.25, 0.3) is 0 Å². The number of nitro groups is 1. The maximum atomic E-state index is 12.6. The number of carbonyl (C=O) groups excluding carboxylic acids is 1. The molecule has 0 aliphatic carbocycles. The molecule has 1 N–H and O–H groups in total. The van der Waals surface area contributed by atoms with E-state index in [1.54, 1.807) is 11.6 Å². The van der Waals surface area contributed by atoms with Crippen molar-refractivity contribution < 1.29 is 18.1 Å². The predicted molar refractivity (Wildman–Crippen MR) is 113 cm³/mol. The van der Waals surface area contributed by atoms with Gasteiger partial charge in [-0.2, -0.15) is 0 Å². The number of benzene rings is 2. The number of nitrogens with zero attached hydrogens (tertiary/aromatic N) is 5. The molecule has 11 nitrogen and oxygen atoms in total. The molecule has 2 aromatic carbocycles. The molecule has 0 unspecified atom stereocenters. The van der Waals surface area contributed by atoms with E-state index in [-0.39, 0.29) is 16.1 Å². The zero-order valence-corrected chi connectivity index (χ0v) is 18.3. The largest absolute Gasteiger partial charge is 0.322 e. The van der Waals surface area contributed by atoms with Crippen LogP contribution in [0.2, 0.25) is 0 Å². The number of amides is 1. The summed E-state index contributed by atoms with van der Waals surface area (Å²) in [5, 5.41) is 22.2. The third-order valence-corrected chi connectivity index (χ3v) is 7.13. The van der Waals surface area contributed by atoms with Crippen molar-refractivity contribution in [2.45, 2.75) is 14.9 Å². The number of hydrogen-bond acceptors (Lipinski definition) is 8. The first-order valence-electron chi connectivity index (χ1n) is 8.74. The SMILES string of the molecule is CN(C)S(=O)(=O)c1ccc(NC(=O)c2ccc(Sc3nncn3C)c([N+](=O)[O-])c2)cc1. The number of nitro benzene ring substituents is 1. The van der Waals surface area contributed by atoms with Crippen molar-refractivity contribution in [3.8, 4) is 0 Å². The predicted octanol–water partition coefficient (Wildman–Crippen LogP) is 2.38. The molecule has 0 aliphatic heterocycles. The lowest BCUT2D eigenvalue weighted by molar-refractivity contribution is -0.387. The van der Waals surface area contributed by atoms with E-state index < -0.39 is 20.9 Å². The fourth-order valence-electron chi connectivity index (χ4n) is 2.48. The van der Waals surface area contributed by atoms with Crippen LogP contribution in [0.15, 0.2) is 63.7 Å². The van der Waals surface area contributed by atoms with E-state index in [4.69, 9.17) is 0 Å². The van der Waals surface area contributed by atoms with E-state index in [0.29, 0.717) is 15.7 Å². The van der Waals surface area contributed by atoms with E-state index >= 15 is 0 Å². The number of rotatable bonds is 7. The lowest BCUT2D eigenvalue weighted by Gasteiger charge is -2.12. The first kappa shape index (κ1) is 22.4. The van der Waals surface area contributed by atoms with Crippen molar-refractivity contribution in [3.05, 3.63) is 64.5 Å². The summed E-state index contributed by atoms with van der Waals surface area (Å²) in [5.74, 6) is -0.568. The van der Waals surface area contributed by atoms with Crippen molar-refractivity contribution in [2.24, 2.45) is 7.05 Å². The van der Waals surface area contributed by atoms with E-state index in [0.717, 1.165) is 16.1 Å². The molecule has 0 atom stereocenters. The van der Waals surface area contributed by atoms with Crippen molar-refractivity contribution in [3.63, 3.8) is 0 Å². The Morgan fingerprint density at radius 2 is 1.87 bits per heavy atom. The van der Waals surface area contributed by atoms with Crippen LogP contribution in [-0.2, 0) is 17.1 Å². The summed E-state index contributed by atoms with van der Waals surface area (Å²) in [4.78, 5) is 23.9. The van der Waals surface area contributed by atoms with E-state index in [9.17, 15) is 23.3 Å². The molecule has 0 aliphatic rings. The van der Waals surface area contributed by atoms with Gasteiger partial charge in [-0.15, -0.1) is 10.2 Å². The minimum atomic E-state index is -3.59. The van der Waals surface area contributed by atoms with Crippen LogP contribution in [0, 0.1) is 10.1 Å². The maximum absolute atomic E-state index is 12.6. The molecule has 0 fully saturated rings. The minimum Gasteiger partial charge on any atom is -0.322 e. The zero-order valence-electron chi connectivity index (χ0n) is 16.7. The van der Waals surface area contributed by atoms with Gasteiger partial charge in [0.05, 0.1) is 14.7 Å². The van der Waals surface area contributed by atoms with Crippen molar-refractivity contribution in [1.29, 1.82) is 0 Å². The lowest BCUT2D eigenvalue weighted by atomic mass is 10.2. The quantitative estimate of drug-likeness (QED) is 0.417. The normalized spacial score (nSPS) is 11.5. The fraction of sp³-hybridized carbons (Fsp3) is 0.167. The third kappa shape index (κ3) is 4.90. The van der Waals surface area contributed by atoms with Crippen LogP contribution in [0.1, 0.15) is 10.4 Å². The van der Waals surface area contributed by atoms with Crippen LogP contribution < -0.4 is 5.32 Å². The van der Waals surface area contributed by atoms with Gasteiger partial charge in [0.25, 0.3) is 11.6 Å². The van der Waals surface area contributed by atoms with E-state index in [2.05, 4.69) is 15.5 Å². The van der Waals surface area contributed by atoms with Gasteiger partial charge in [-0.05, 0) is 48.2 Å². The summed E-state index contributed by atoms with van der Waals surface area (Å²) in [7, 11) is 0.968. The molecule has 13 heteroatoms.